The Kier molecular flexibility index (Phi) is 3.62. The van der Waals surface area contributed by atoms with Crippen molar-refractivity contribution in [1.29, 1.82) is 0 Å². The lowest BCUT2D eigenvalue weighted by Gasteiger charge is -2.19. The third kappa shape index (κ3) is 2.71. The molecule has 0 amide bonds. The smallest absolute Gasteiger partial charge is 0.245 e. The van der Waals surface area contributed by atoms with Crippen LogP contribution in [-0.4, -0.2) is 49.3 Å². The summed E-state index contributed by atoms with van der Waals surface area (Å²) < 4.78 is 6.79. The van der Waals surface area contributed by atoms with E-state index < -0.39 is 0 Å². The topological polar surface area (TPSA) is 97.3 Å². The summed E-state index contributed by atoms with van der Waals surface area (Å²) in [4.78, 5) is 16.0. The Balaban J connectivity index is 1.36. The van der Waals surface area contributed by atoms with Crippen molar-refractivity contribution in [2.24, 2.45) is 0 Å². The number of nitrogens with one attached hydrogen (secondary N) is 1. The molecule has 1 aliphatic rings. The number of nitrogens with zero attached hydrogens (tertiary/aromatic N) is 7. The predicted octanol–water partition coefficient (Wildman–Crippen LogP) is 1.92. The van der Waals surface area contributed by atoms with Gasteiger partial charge in [0.25, 0.3) is 0 Å². The second-order valence-corrected chi connectivity index (χ2v) is 6.38. The molecule has 1 saturated heterocycles. The first kappa shape index (κ1) is 15.1. The molecular formula is C17H18N8O. The van der Waals surface area contributed by atoms with Crippen LogP contribution in [0.2, 0.25) is 0 Å². The lowest BCUT2D eigenvalue weighted by molar-refractivity contribution is 0.314. The Morgan fingerprint density at radius 3 is 2.73 bits per heavy atom. The molecule has 1 fully saturated rings. The maximum Gasteiger partial charge on any atom is 0.245 e. The minimum absolute atomic E-state index is 0.420. The number of hydrogen-bond donors (Lipinski definition) is 1. The highest BCUT2D eigenvalue weighted by molar-refractivity contribution is 5.74. The molecule has 0 unspecified atom stereocenters. The largest absolute Gasteiger partial charge is 0.367 e. The number of pyridine rings is 1. The van der Waals surface area contributed by atoms with Gasteiger partial charge in [0.1, 0.15) is 5.65 Å². The fourth-order valence-electron chi connectivity index (χ4n) is 3.31. The van der Waals surface area contributed by atoms with Gasteiger partial charge in [-0.05, 0) is 35.3 Å². The summed E-state index contributed by atoms with van der Waals surface area (Å²) in [5.74, 6) is 1.54. The Labute approximate surface area is 149 Å². The van der Waals surface area contributed by atoms with Gasteiger partial charge in [0.05, 0.1) is 5.69 Å². The van der Waals surface area contributed by atoms with Crippen molar-refractivity contribution >= 4 is 28.6 Å². The second-order valence-electron chi connectivity index (χ2n) is 6.38. The fraction of sp³-hybridized carbons (Fsp3) is 0.353. The normalized spacial score (nSPS) is 14.5. The Bertz CT molecular complexity index is 1020. The average molecular weight is 350 g/mol. The van der Waals surface area contributed by atoms with E-state index in [1.165, 1.54) is 0 Å². The molecule has 132 valence electrons. The minimum atomic E-state index is 0.420. The number of anilines is 2. The average Bonchev–Trinajstić information content (AvgIpc) is 3.40. The summed E-state index contributed by atoms with van der Waals surface area (Å²) in [5.41, 5.74) is 2.85. The molecule has 5 heterocycles. The van der Waals surface area contributed by atoms with Crippen molar-refractivity contribution in [3.05, 3.63) is 36.3 Å². The van der Waals surface area contributed by atoms with Gasteiger partial charge in [-0.3, -0.25) is 0 Å². The van der Waals surface area contributed by atoms with Crippen LogP contribution in [0.3, 0.4) is 0 Å². The number of fused-ring (bicyclic) bond motifs is 2. The van der Waals surface area contributed by atoms with Crippen molar-refractivity contribution in [2.45, 2.75) is 19.3 Å². The molecule has 26 heavy (non-hydrogen) atoms. The van der Waals surface area contributed by atoms with Gasteiger partial charge in [-0.2, -0.15) is 0 Å². The van der Waals surface area contributed by atoms with Crippen molar-refractivity contribution < 1.29 is 4.63 Å². The Hall–Kier alpha value is -3.23. The van der Waals surface area contributed by atoms with Crippen LogP contribution in [0.25, 0.3) is 16.9 Å². The molecule has 9 heteroatoms. The summed E-state index contributed by atoms with van der Waals surface area (Å²) in [7, 11) is 0. The summed E-state index contributed by atoms with van der Waals surface area (Å²) in [6.45, 7) is 2.66. The molecule has 4 aromatic rings. The molecule has 4 aromatic heterocycles. The van der Waals surface area contributed by atoms with Crippen LogP contribution >= 0.6 is 0 Å². The maximum atomic E-state index is 4.76. The van der Waals surface area contributed by atoms with Gasteiger partial charge in [-0.1, -0.05) is 6.07 Å². The van der Waals surface area contributed by atoms with Gasteiger partial charge in [0.2, 0.25) is 11.3 Å². The van der Waals surface area contributed by atoms with Gasteiger partial charge in [-0.15, -0.1) is 0 Å². The molecule has 1 aliphatic heterocycles. The molecule has 5 rings (SSSR count). The molecule has 0 aliphatic carbocycles. The number of aromatic nitrogens is 6. The lowest BCUT2D eigenvalue weighted by atomic mass is 10.3. The van der Waals surface area contributed by atoms with Crippen LogP contribution in [0, 0.1) is 0 Å². The van der Waals surface area contributed by atoms with E-state index in [1.807, 2.05) is 28.8 Å². The van der Waals surface area contributed by atoms with E-state index in [9.17, 15) is 0 Å². The minimum Gasteiger partial charge on any atom is -0.367 e. The number of hydrogen-bond acceptors (Lipinski definition) is 8. The first-order chi connectivity index (χ1) is 12.9. The molecule has 9 nitrogen and oxygen atoms in total. The molecule has 0 bridgehead atoms. The van der Waals surface area contributed by atoms with Crippen LogP contribution in [0.4, 0.5) is 11.6 Å². The molecule has 1 N–H and O–H groups in total. The van der Waals surface area contributed by atoms with Gasteiger partial charge >= 0.3 is 0 Å². The quantitative estimate of drug-likeness (QED) is 0.583. The van der Waals surface area contributed by atoms with Gasteiger partial charge in [0.15, 0.2) is 11.6 Å². The van der Waals surface area contributed by atoms with E-state index in [-0.39, 0.29) is 0 Å². The van der Waals surface area contributed by atoms with Crippen LogP contribution in [0.5, 0.6) is 0 Å². The van der Waals surface area contributed by atoms with E-state index in [1.54, 1.807) is 0 Å². The van der Waals surface area contributed by atoms with E-state index in [4.69, 9.17) is 4.63 Å². The lowest BCUT2D eigenvalue weighted by Crippen LogP contribution is -2.22. The van der Waals surface area contributed by atoms with Crippen molar-refractivity contribution in [1.82, 2.24) is 29.7 Å². The third-order valence-electron chi connectivity index (χ3n) is 4.59. The number of rotatable bonds is 5. The number of imidazole rings is 1. The third-order valence-corrected chi connectivity index (χ3v) is 4.59. The molecule has 0 aromatic carbocycles. The maximum absolute atomic E-state index is 4.76. The zero-order chi connectivity index (χ0) is 17.3. The van der Waals surface area contributed by atoms with Crippen LogP contribution in [0.15, 0.2) is 35.2 Å². The van der Waals surface area contributed by atoms with Crippen LogP contribution in [-0.2, 0) is 6.42 Å². The first-order valence-corrected chi connectivity index (χ1v) is 8.78. The molecular weight excluding hydrogens is 332 g/mol. The van der Waals surface area contributed by atoms with Crippen molar-refractivity contribution in [3.63, 3.8) is 0 Å². The highest BCUT2D eigenvalue weighted by atomic mass is 16.6. The first-order valence-electron chi connectivity index (χ1n) is 8.78. The van der Waals surface area contributed by atoms with Crippen molar-refractivity contribution in [3.8, 4) is 0 Å². The van der Waals surface area contributed by atoms with Gasteiger partial charge in [0, 0.05) is 38.4 Å². The highest BCUT2D eigenvalue weighted by Gasteiger charge is 2.21. The van der Waals surface area contributed by atoms with Crippen LogP contribution in [0.1, 0.15) is 18.5 Å². The van der Waals surface area contributed by atoms with E-state index in [0.717, 1.165) is 55.3 Å². The fourth-order valence-corrected chi connectivity index (χ4v) is 3.31. The SMILES string of the molecule is c1ccn2cc(CCNc3nc4nonc4nc3N3CCCC3)nc2c1. The Morgan fingerprint density at radius 2 is 1.88 bits per heavy atom. The van der Waals surface area contributed by atoms with Gasteiger partial charge < -0.3 is 14.6 Å². The molecule has 0 saturated carbocycles. The molecule has 0 radical (unpaired) electrons. The summed E-state index contributed by atoms with van der Waals surface area (Å²) >= 11 is 0. The Morgan fingerprint density at radius 1 is 1.04 bits per heavy atom. The van der Waals surface area contributed by atoms with Crippen LogP contribution < -0.4 is 10.2 Å². The van der Waals surface area contributed by atoms with E-state index >= 15 is 0 Å². The zero-order valence-electron chi connectivity index (χ0n) is 14.2. The monoisotopic (exact) mass is 350 g/mol. The van der Waals surface area contributed by atoms with Crippen molar-refractivity contribution in [2.75, 3.05) is 29.9 Å². The summed E-state index contributed by atoms with van der Waals surface area (Å²) in [6.07, 6.45) is 7.17. The molecule has 0 spiro atoms. The van der Waals surface area contributed by atoms with E-state index in [0.29, 0.717) is 17.8 Å². The van der Waals surface area contributed by atoms with E-state index in [2.05, 4.69) is 41.7 Å². The standard InChI is InChI=1S/C17H18N8O/c1-2-10-25-11-12(19-13(25)5-1)6-7-18-16-17(24-8-3-4-9-24)21-15-14(20-16)22-26-23-15/h1-2,5,10-11H,3-4,6-9H2,(H,18,20,22). The highest BCUT2D eigenvalue weighted by Crippen LogP contribution is 2.26. The zero-order valence-corrected chi connectivity index (χ0v) is 14.2. The van der Waals surface area contributed by atoms with Gasteiger partial charge in [-0.25, -0.2) is 19.6 Å². The summed E-state index contributed by atoms with van der Waals surface area (Å²) in [6, 6.07) is 5.98. The molecule has 0 atom stereocenters. The second kappa shape index (κ2) is 6.25. The predicted molar refractivity (Wildman–Crippen MR) is 96.2 cm³/mol. The summed E-state index contributed by atoms with van der Waals surface area (Å²) in [5, 5.41) is 11.0.